The van der Waals surface area contributed by atoms with E-state index in [0.29, 0.717) is 18.8 Å². The van der Waals surface area contributed by atoms with Gasteiger partial charge in [0.15, 0.2) is 0 Å². The fraction of sp³-hybridized carbons (Fsp3) is 0.381. The zero-order valence-corrected chi connectivity index (χ0v) is 17.0. The van der Waals surface area contributed by atoms with Crippen LogP contribution in [-0.2, 0) is 10.0 Å². The Balaban J connectivity index is 1.88. The molecular weight excluding hydrogens is 376 g/mol. The van der Waals surface area contributed by atoms with Crippen LogP contribution in [0.1, 0.15) is 48.1 Å². The molecular formula is C21H26N2O4S. The molecule has 1 aliphatic rings. The van der Waals surface area contributed by atoms with Crippen molar-refractivity contribution in [3.63, 3.8) is 0 Å². The Morgan fingerprint density at radius 1 is 1.07 bits per heavy atom. The predicted molar refractivity (Wildman–Crippen MR) is 108 cm³/mol. The van der Waals surface area contributed by atoms with Gasteiger partial charge < -0.3 is 9.64 Å². The van der Waals surface area contributed by atoms with E-state index in [1.807, 2.05) is 30.3 Å². The number of nitrogens with one attached hydrogen (secondary N) is 1. The van der Waals surface area contributed by atoms with E-state index in [-0.39, 0.29) is 16.4 Å². The van der Waals surface area contributed by atoms with Crippen LogP contribution in [0.15, 0.2) is 53.4 Å². The Labute approximate surface area is 166 Å². The van der Waals surface area contributed by atoms with E-state index < -0.39 is 16.1 Å². The van der Waals surface area contributed by atoms with Gasteiger partial charge in [0.2, 0.25) is 10.0 Å². The lowest BCUT2D eigenvalue weighted by atomic mass is 10.1. The average Bonchev–Trinajstić information content (AvgIpc) is 2.73. The molecule has 1 aliphatic heterocycles. The first-order valence-corrected chi connectivity index (χ1v) is 11.0. The van der Waals surface area contributed by atoms with E-state index >= 15 is 0 Å². The highest BCUT2D eigenvalue weighted by Gasteiger charge is 2.25. The normalized spacial score (nSPS) is 15.9. The number of hydrogen-bond acceptors (Lipinski definition) is 4. The van der Waals surface area contributed by atoms with Crippen molar-refractivity contribution in [1.82, 2.24) is 9.62 Å². The number of methoxy groups -OCH3 is 1. The van der Waals surface area contributed by atoms with Gasteiger partial charge in [-0.3, -0.25) is 4.79 Å². The van der Waals surface area contributed by atoms with E-state index in [4.69, 9.17) is 4.74 Å². The molecule has 28 heavy (non-hydrogen) atoms. The van der Waals surface area contributed by atoms with Gasteiger partial charge in [-0.2, -0.15) is 0 Å². The molecule has 2 aromatic rings. The fourth-order valence-corrected chi connectivity index (χ4v) is 4.66. The lowest BCUT2D eigenvalue weighted by Crippen LogP contribution is -2.36. The second-order valence-corrected chi connectivity index (χ2v) is 8.68. The summed E-state index contributed by atoms with van der Waals surface area (Å²) in [7, 11) is -2.32. The second-order valence-electron chi connectivity index (χ2n) is 6.97. The van der Waals surface area contributed by atoms with E-state index in [1.165, 1.54) is 19.2 Å². The summed E-state index contributed by atoms with van der Waals surface area (Å²) in [5, 5.41) is 0. The van der Waals surface area contributed by atoms with Crippen molar-refractivity contribution in [1.29, 1.82) is 0 Å². The van der Waals surface area contributed by atoms with E-state index in [1.54, 1.807) is 17.9 Å². The number of sulfonamides is 1. The molecule has 150 valence electrons. The molecule has 0 aromatic heterocycles. The smallest absolute Gasteiger partial charge is 0.257 e. The minimum atomic E-state index is -3.80. The standard InChI is InChI=1S/C21H26N2O4S/c1-16(17-9-5-3-6-10-17)22-28(25,26)18-11-12-20(27-2)19(15-18)21(24)23-13-7-4-8-14-23/h3,5-6,9-12,15-16,22H,4,7-8,13-14H2,1-2H3/t16-/m1/s1. The van der Waals surface area contributed by atoms with Gasteiger partial charge in [-0.05, 0) is 49.9 Å². The van der Waals surface area contributed by atoms with Crippen LogP contribution in [-0.4, -0.2) is 39.4 Å². The van der Waals surface area contributed by atoms with Gasteiger partial charge in [0.05, 0.1) is 17.6 Å². The minimum Gasteiger partial charge on any atom is -0.496 e. The van der Waals surface area contributed by atoms with Crippen LogP contribution in [0.25, 0.3) is 0 Å². The maximum absolute atomic E-state index is 12.9. The summed E-state index contributed by atoms with van der Waals surface area (Å²) < 4.78 is 33.8. The highest BCUT2D eigenvalue weighted by molar-refractivity contribution is 7.89. The Morgan fingerprint density at radius 3 is 2.39 bits per heavy atom. The Hall–Kier alpha value is -2.38. The molecule has 1 fully saturated rings. The first-order chi connectivity index (χ1) is 13.4. The zero-order chi connectivity index (χ0) is 20.1. The van der Waals surface area contributed by atoms with Gasteiger partial charge in [-0.25, -0.2) is 13.1 Å². The molecule has 2 aromatic carbocycles. The Bertz CT molecular complexity index is 923. The van der Waals surface area contributed by atoms with Gasteiger partial charge in [0, 0.05) is 19.1 Å². The third-order valence-corrected chi connectivity index (χ3v) is 6.52. The molecule has 0 saturated carbocycles. The predicted octanol–water partition coefficient (Wildman–Crippen LogP) is 3.36. The third-order valence-electron chi connectivity index (χ3n) is 4.99. The van der Waals surface area contributed by atoms with Crippen molar-refractivity contribution >= 4 is 15.9 Å². The zero-order valence-electron chi connectivity index (χ0n) is 16.2. The van der Waals surface area contributed by atoms with E-state index in [2.05, 4.69) is 4.72 Å². The largest absolute Gasteiger partial charge is 0.496 e. The Morgan fingerprint density at radius 2 is 1.75 bits per heavy atom. The molecule has 0 bridgehead atoms. The van der Waals surface area contributed by atoms with Gasteiger partial charge in [0.25, 0.3) is 5.91 Å². The van der Waals surface area contributed by atoms with Gasteiger partial charge in [-0.1, -0.05) is 30.3 Å². The maximum atomic E-state index is 12.9. The maximum Gasteiger partial charge on any atom is 0.257 e. The number of hydrogen-bond donors (Lipinski definition) is 1. The van der Waals surface area contributed by atoms with Crippen LogP contribution >= 0.6 is 0 Å². The van der Waals surface area contributed by atoms with E-state index in [0.717, 1.165) is 24.8 Å². The number of nitrogens with zero attached hydrogens (tertiary/aromatic N) is 1. The van der Waals surface area contributed by atoms with Gasteiger partial charge in [0.1, 0.15) is 5.75 Å². The average molecular weight is 403 g/mol. The van der Waals surface area contributed by atoms with Crippen LogP contribution in [0, 0.1) is 0 Å². The summed E-state index contributed by atoms with van der Waals surface area (Å²) in [6.45, 7) is 3.15. The fourth-order valence-electron chi connectivity index (χ4n) is 3.40. The Kier molecular flexibility index (Phi) is 6.36. The quantitative estimate of drug-likeness (QED) is 0.804. The molecule has 1 saturated heterocycles. The first kappa shape index (κ1) is 20.4. The third kappa shape index (κ3) is 4.54. The number of amides is 1. The summed E-state index contributed by atoms with van der Waals surface area (Å²) in [4.78, 5) is 14.7. The molecule has 1 N–H and O–H groups in total. The second kappa shape index (κ2) is 8.75. The molecule has 0 spiro atoms. The van der Waals surface area contributed by atoms with Crippen LogP contribution in [0.4, 0.5) is 0 Å². The summed E-state index contributed by atoms with van der Waals surface area (Å²) in [5.74, 6) is 0.190. The number of rotatable bonds is 6. The number of benzene rings is 2. The monoisotopic (exact) mass is 402 g/mol. The lowest BCUT2D eigenvalue weighted by molar-refractivity contribution is 0.0720. The highest BCUT2D eigenvalue weighted by Crippen LogP contribution is 2.26. The highest BCUT2D eigenvalue weighted by atomic mass is 32.2. The number of carbonyl (C=O) groups is 1. The van der Waals surface area contributed by atoms with Crippen molar-refractivity contribution in [3.05, 3.63) is 59.7 Å². The molecule has 0 radical (unpaired) electrons. The van der Waals surface area contributed by atoms with Crippen LogP contribution in [0.2, 0.25) is 0 Å². The molecule has 7 heteroatoms. The number of ether oxygens (including phenoxy) is 1. The minimum absolute atomic E-state index is 0.0523. The molecule has 6 nitrogen and oxygen atoms in total. The molecule has 3 rings (SSSR count). The summed E-state index contributed by atoms with van der Waals surface area (Å²) >= 11 is 0. The number of carbonyl (C=O) groups excluding carboxylic acids is 1. The van der Waals surface area contributed by atoms with Crippen LogP contribution in [0.3, 0.4) is 0 Å². The number of piperidine rings is 1. The van der Waals surface area contributed by atoms with Crippen molar-refractivity contribution in [2.24, 2.45) is 0 Å². The lowest BCUT2D eigenvalue weighted by Gasteiger charge is -2.27. The first-order valence-electron chi connectivity index (χ1n) is 9.47. The van der Waals surface area contributed by atoms with Crippen molar-refractivity contribution < 1.29 is 17.9 Å². The van der Waals surface area contributed by atoms with Crippen molar-refractivity contribution in [2.75, 3.05) is 20.2 Å². The molecule has 0 unspecified atom stereocenters. The SMILES string of the molecule is COc1ccc(S(=O)(=O)N[C@H](C)c2ccccc2)cc1C(=O)N1CCCCC1. The molecule has 1 amide bonds. The van der Waals surface area contributed by atoms with Crippen molar-refractivity contribution in [3.8, 4) is 5.75 Å². The molecule has 1 heterocycles. The number of likely N-dealkylation sites (tertiary alicyclic amines) is 1. The van der Waals surface area contributed by atoms with Crippen LogP contribution in [0.5, 0.6) is 5.75 Å². The summed E-state index contributed by atoms with van der Waals surface area (Å²) in [6, 6.07) is 13.4. The summed E-state index contributed by atoms with van der Waals surface area (Å²) in [5.41, 5.74) is 1.14. The van der Waals surface area contributed by atoms with E-state index in [9.17, 15) is 13.2 Å². The van der Waals surface area contributed by atoms with Crippen LogP contribution < -0.4 is 9.46 Å². The summed E-state index contributed by atoms with van der Waals surface area (Å²) in [6.07, 6.45) is 3.03. The topological polar surface area (TPSA) is 75.7 Å². The molecule has 0 aliphatic carbocycles. The molecule has 1 atom stereocenters. The van der Waals surface area contributed by atoms with Gasteiger partial charge >= 0.3 is 0 Å². The van der Waals surface area contributed by atoms with Gasteiger partial charge in [-0.15, -0.1) is 0 Å². The van der Waals surface area contributed by atoms with Crippen molar-refractivity contribution in [2.45, 2.75) is 37.1 Å².